The van der Waals surface area contributed by atoms with Crippen molar-refractivity contribution in [3.05, 3.63) is 23.5 Å². The molecule has 0 aliphatic heterocycles. The molecule has 0 saturated heterocycles. The van der Waals surface area contributed by atoms with Crippen LogP contribution in [0.15, 0.2) is 12.3 Å². The highest BCUT2D eigenvalue weighted by molar-refractivity contribution is 5.88. The molecule has 2 heterocycles. The van der Waals surface area contributed by atoms with E-state index in [9.17, 15) is 0 Å². The summed E-state index contributed by atoms with van der Waals surface area (Å²) in [6.07, 6.45) is 1.77. The van der Waals surface area contributed by atoms with Crippen LogP contribution < -0.4 is 4.74 Å². The second kappa shape index (κ2) is 3.57. The number of aromatic amines is 1. The molecular weight excluding hydrogens is 188 g/mol. The zero-order valence-corrected chi connectivity index (χ0v) is 9.59. The molecule has 0 aromatic carbocycles. The van der Waals surface area contributed by atoms with Gasteiger partial charge in [0.15, 0.2) is 0 Å². The van der Waals surface area contributed by atoms with Gasteiger partial charge in [-0.15, -0.1) is 0 Å². The lowest BCUT2D eigenvalue weighted by Crippen LogP contribution is -1.90. The molecule has 3 heteroatoms. The van der Waals surface area contributed by atoms with Gasteiger partial charge in [0.2, 0.25) is 5.88 Å². The van der Waals surface area contributed by atoms with Gasteiger partial charge in [0, 0.05) is 11.9 Å². The fourth-order valence-electron chi connectivity index (χ4n) is 2.01. The summed E-state index contributed by atoms with van der Waals surface area (Å²) >= 11 is 0. The lowest BCUT2D eigenvalue weighted by Gasteiger charge is -2.03. The van der Waals surface area contributed by atoms with Crippen LogP contribution in [0.25, 0.3) is 10.9 Å². The van der Waals surface area contributed by atoms with Crippen LogP contribution in [0.4, 0.5) is 0 Å². The SMILES string of the molecule is COc1nccc2[nH]c(C(C)C)c(C)c12. The minimum absolute atomic E-state index is 0.488. The molecule has 2 rings (SSSR count). The van der Waals surface area contributed by atoms with Crippen molar-refractivity contribution >= 4 is 10.9 Å². The van der Waals surface area contributed by atoms with Crippen molar-refractivity contribution in [2.45, 2.75) is 26.7 Å². The topological polar surface area (TPSA) is 37.9 Å². The van der Waals surface area contributed by atoms with Crippen LogP contribution in [0.1, 0.15) is 31.0 Å². The third-order valence-electron chi connectivity index (χ3n) is 2.74. The predicted octanol–water partition coefficient (Wildman–Crippen LogP) is 3.00. The highest BCUT2D eigenvalue weighted by Gasteiger charge is 2.14. The molecule has 2 aromatic heterocycles. The minimum atomic E-state index is 0.488. The van der Waals surface area contributed by atoms with Gasteiger partial charge in [-0.25, -0.2) is 4.98 Å². The molecule has 0 bridgehead atoms. The molecular formula is C12H16N2O. The number of H-pyrrole nitrogens is 1. The van der Waals surface area contributed by atoms with Gasteiger partial charge >= 0.3 is 0 Å². The Morgan fingerprint density at radius 1 is 1.40 bits per heavy atom. The first kappa shape index (κ1) is 10.0. The fourth-order valence-corrected chi connectivity index (χ4v) is 2.01. The lowest BCUT2D eigenvalue weighted by molar-refractivity contribution is 0.403. The fraction of sp³-hybridized carbons (Fsp3) is 0.417. The van der Waals surface area contributed by atoms with Gasteiger partial charge in [0.25, 0.3) is 0 Å². The van der Waals surface area contributed by atoms with Crippen LogP contribution >= 0.6 is 0 Å². The van der Waals surface area contributed by atoms with Crippen LogP contribution in [0.3, 0.4) is 0 Å². The van der Waals surface area contributed by atoms with Gasteiger partial charge in [-0.1, -0.05) is 13.8 Å². The second-order valence-electron chi connectivity index (χ2n) is 4.06. The standard InChI is InChI=1S/C12H16N2O/c1-7(2)11-8(3)10-9(14-11)5-6-13-12(10)15-4/h5-7,14H,1-4H3. The monoisotopic (exact) mass is 204 g/mol. The smallest absolute Gasteiger partial charge is 0.222 e. The van der Waals surface area contributed by atoms with Crippen LogP contribution in [0.5, 0.6) is 5.88 Å². The molecule has 0 aliphatic rings. The van der Waals surface area contributed by atoms with Crippen molar-refractivity contribution in [2.24, 2.45) is 0 Å². The Morgan fingerprint density at radius 2 is 2.13 bits per heavy atom. The van der Waals surface area contributed by atoms with E-state index in [0.29, 0.717) is 11.8 Å². The largest absolute Gasteiger partial charge is 0.480 e. The molecule has 3 nitrogen and oxygen atoms in total. The average molecular weight is 204 g/mol. The number of aromatic nitrogens is 2. The molecule has 80 valence electrons. The first-order chi connectivity index (χ1) is 7.15. The number of fused-ring (bicyclic) bond motifs is 1. The maximum atomic E-state index is 5.27. The summed E-state index contributed by atoms with van der Waals surface area (Å²) in [6.45, 7) is 6.47. The van der Waals surface area contributed by atoms with E-state index in [0.717, 1.165) is 10.9 Å². The Hall–Kier alpha value is -1.51. The van der Waals surface area contributed by atoms with Crippen LogP contribution in [-0.4, -0.2) is 17.1 Å². The number of nitrogens with zero attached hydrogens (tertiary/aromatic N) is 1. The number of hydrogen-bond donors (Lipinski definition) is 1. The Labute approximate surface area is 89.5 Å². The Kier molecular flexibility index (Phi) is 2.39. The minimum Gasteiger partial charge on any atom is -0.480 e. The summed E-state index contributed by atoms with van der Waals surface area (Å²) < 4.78 is 5.27. The highest BCUT2D eigenvalue weighted by Crippen LogP contribution is 2.31. The van der Waals surface area contributed by atoms with E-state index in [1.165, 1.54) is 11.3 Å². The maximum absolute atomic E-state index is 5.27. The molecule has 1 N–H and O–H groups in total. The van der Waals surface area contributed by atoms with Crippen molar-refractivity contribution in [1.29, 1.82) is 0 Å². The number of aryl methyl sites for hydroxylation is 1. The quantitative estimate of drug-likeness (QED) is 0.816. The second-order valence-corrected chi connectivity index (χ2v) is 4.06. The van der Waals surface area contributed by atoms with Gasteiger partial charge < -0.3 is 9.72 Å². The Morgan fingerprint density at radius 3 is 2.73 bits per heavy atom. The predicted molar refractivity (Wildman–Crippen MR) is 61.5 cm³/mol. The molecule has 0 radical (unpaired) electrons. The van der Waals surface area contributed by atoms with E-state index in [1.807, 2.05) is 6.07 Å². The number of ether oxygens (including phenoxy) is 1. The van der Waals surface area contributed by atoms with Crippen molar-refractivity contribution in [3.8, 4) is 5.88 Å². The van der Waals surface area contributed by atoms with Crippen molar-refractivity contribution in [3.63, 3.8) is 0 Å². The Balaban J connectivity index is 2.77. The van der Waals surface area contributed by atoms with Gasteiger partial charge in [-0.2, -0.15) is 0 Å². The van der Waals surface area contributed by atoms with E-state index in [-0.39, 0.29) is 0 Å². The number of rotatable bonds is 2. The van der Waals surface area contributed by atoms with E-state index in [2.05, 4.69) is 30.7 Å². The molecule has 0 saturated carbocycles. The van der Waals surface area contributed by atoms with E-state index >= 15 is 0 Å². The number of methoxy groups -OCH3 is 1. The summed E-state index contributed by atoms with van der Waals surface area (Å²) in [5, 5.41) is 1.10. The number of nitrogens with one attached hydrogen (secondary N) is 1. The molecule has 0 fully saturated rings. The van der Waals surface area contributed by atoms with Crippen molar-refractivity contribution in [2.75, 3.05) is 7.11 Å². The molecule has 0 spiro atoms. The van der Waals surface area contributed by atoms with E-state index in [4.69, 9.17) is 4.74 Å². The summed E-state index contributed by atoms with van der Waals surface area (Å²) in [6, 6.07) is 1.98. The van der Waals surface area contributed by atoms with Gasteiger partial charge in [-0.05, 0) is 24.5 Å². The normalized spacial score (nSPS) is 11.3. The molecule has 0 amide bonds. The first-order valence-corrected chi connectivity index (χ1v) is 5.16. The average Bonchev–Trinajstić information content (AvgIpc) is 2.56. The van der Waals surface area contributed by atoms with Crippen LogP contribution in [0, 0.1) is 6.92 Å². The zero-order chi connectivity index (χ0) is 11.0. The summed E-state index contributed by atoms with van der Waals surface area (Å²) in [7, 11) is 1.66. The molecule has 15 heavy (non-hydrogen) atoms. The van der Waals surface area contributed by atoms with Crippen molar-refractivity contribution in [1.82, 2.24) is 9.97 Å². The van der Waals surface area contributed by atoms with Crippen molar-refractivity contribution < 1.29 is 4.74 Å². The molecule has 0 unspecified atom stereocenters. The number of hydrogen-bond acceptors (Lipinski definition) is 2. The zero-order valence-electron chi connectivity index (χ0n) is 9.59. The summed E-state index contributed by atoms with van der Waals surface area (Å²) in [5.41, 5.74) is 3.60. The van der Waals surface area contributed by atoms with E-state index in [1.54, 1.807) is 13.3 Å². The van der Waals surface area contributed by atoms with Gasteiger partial charge in [0.05, 0.1) is 18.0 Å². The van der Waals surface area contributed by atoms with Crippen LogP contribution in [0.2, 0.25) is 0 Å². The summed E-state index contributed by atoms with van der Waals surface area (Å²) in [5.74, 6) is 1.19. The maximum Gasteiger partial charge on any atom is 0.222 e. The summed E-state index contributed by atoms with van der Waals surface area (Å²) in [4.78, 5) is 7.63. The van der Waals surface area contributed by atoms with Crippen LogP contribution in [-0.2, 0) is 0 Å². The number of pyridine rings is 1. The van der Waals surface area contributed by atoms with Gasteiger partial charge in [-0.3, -0.25) is 0 Å². The first-order valence-electron chi connectivity index (χ1n) is 5.16. The molecule has 0 aliphatic carbocycles. The third kappa shape index (κ3) is 1.48. The van der Waals surface area contributed by atoms with Gasteiger partial charge in [0.1, 0.15) is 0 Å². The molecule has 0 atom stereocenters. The lowest BCUT2D eigenvalue weighted by atomic mass is 10.1. The van der Waals surface area contributed by atoms with E-state index < -0.39 is 0 Å². The Bertz CT molecular complexity index is 486. The highest BCUT2D eigenvalue weighted by atomic mass is 16.5. The molecule has 2 aromatic rings. The third-order valence-corrected chi connectivity index (χ3v) is 2.74.